The van der Waals surface area contributed by atoms with E-state index in [2.05, 4.69) is 0 Å². The van der Waals surface area contributed by atoms with Crippen LogP contribution in [0.5, 0.6) is 0 Å². The summed E-state index contributed by atoms with van der Waals surface area (Å²) in [6.45, 7) is 5.06. The smallest absolute Gasteiger partial charge is 0.324 e. The molecular formula is C19H22FN3O. The Balaban J connectivity index is 1.66. The van der Waals surface area contributed by atoms with Gasteiger partial charge >= 0.3 is 6.03 Å². The Morgan fingerprint density at radius 1 is 1.00 bits per heavy atom. The molecule has 126 valence electrons. The highest BCUT2D eigenvalue weighted by Gasteiger charge is 2.26. The Morgan fingerprint density at radius 2 is 1.62 bits per heavy atom. The molecule has 3 rings (SSSR count). The van der Waals surface area contributed by atoms with E-state index in [0.29, 0.717) is 38.4 Å². The molecule has 0 unspecified atom stereocenters. The van der Waals surface area contributed by atoms with E-state index >= 15 is 0 Å². The van der Waals surface area contributed by atoms with Crippen LogP contribution in [0.2, 0.25) is 0 Å². The molecule has 0 aliphatic carbocycles. The van der Waals surface area contributed by atoms with Crippen molar-refractivity contribution in [3.63, 3.8) is 0 Å². The van der Waals surface area contributed by atoms with Crippen molar-refractivity contribution >= 4 is 17.4 Å². The van der Waals surface area contributed by atoms with Crippen LogP contribution in [0.4, 0.5) is 20.6 Å². The first-order valence-corrected chi connectivity index (χ1v) is 8.31. The van der Waals surface area contributed by atoms with Crippen molar-refractivity contribution in [2.45, 2.75) is 6.92 Å². The minimum absolute atomic E-state index is 0.0110. The Hall–Kier alpha value is -2.56. The van der Waals surface area contributed by atoms with Crippen molar-refractivity contribution in [1.82, 2.24) is 4.90 Å². The van der Waals surface area contributed by atoms with Gasteiger partial charge in [0.1, 0.15) is 5.82 Å². The number of hydrogen-bond acceptors (Lipinski definition) is 2. The SMILES string of the molecule is CCN(C(=O)N1CCN(c2ccccc2F)CC1)c1ccccc1. The normalized spacial score (nSPS) is 14.6. The maximum atomic E-state index is 13.9. The number of para-hydroxylation sites is 2. The predicted octanol–water partition coefficient (Wildman–Crippen LogP) is 3.59. The lowest BCUT2D eigenvalue weighted by Gasteiger charge is -2.38. The molecule has 5 heteroatoms. The Labute approximate surface area is 142 Å². The standard InChI is InChI=1S/C19H22FN3O/c1-2-23(16-8-4-3-5-9-16)19(24)22-14-12-21(13-15-22)18-11-7-6-10-17(18)20/h3-11H,2,12-15H2,1H3. The van der Waals surface area contributed by atoms with Gasteiger partial charge in [-0.05, 0) is 31.2 Å². The molecule has 1 fully saturated rings. The van der Waals surface area contributed by atoms with Crippen molar-refractivity contribution in [3.8, 4) is 0 Å². The lowest BCUT2D eigenvalue weighted by molar-refractivity contribution is 0.201. The number of hydrogen-bond donors (Lipinski definition) is 0. The molecule has 0 radical (unpaired) electrons. The van der Waals surface area contributed by atoms with Crippen molar-refractivity contribution in [2.24, 2.45) is 0 Å². The topological polar surface area (TPSA) is 26.8 Å². The summed E-state index contributed by atoms with van der Waals surface area (Å²) in [6, 6.07) is 16.5. The lowest BCUT2D eigenvalue weighted by Crippen LogP contribution is -2.53. The second-order valence-electron chi connectivity index (χ2n) is 5.79. The summed E-state index contributed by atoms with van der Waals surface area (Å²) >= 11 is 0. The van der Waals surface area contributed by atoms with Crippen LogP contribution < -0.4 is 9.80 Å². The summed E-state index contributed by atoms with van der Waals surface area (Å²) in [6.07, 6.45) is 0. The van der Waals surface area contributed by atoms with Gasteiger partial charge in [-0.15, -0.1) is 0 Å². The monoisotopic (exact) mass is 327 g/mol. The fourth-order valence-electron chi connectivity index (χ4n) is 3.05. The van der Waals surface area contributed by atoms with E-state index in [1.165, 1.54) is 6.07 Å². The van der Waals surface area contributed by atoms with Gasteiger partial charge in [-0.2, -0.15) is 0 Å². The summed E-state index contributed by atoms with van der Waals surface area (Å²) in [5.74, 6) is -0.211. The molecular weight excluding hydrogens is 305 g/mol. The van der Waals surface area contributed by atoms with Crippen molar-refractivity contribution < 1.29 is 9.18 Å². The number of anilines is 2. The van der Waals surface area contributed by atoms with Crippen molar-refractivity contribution in [2.75, 3.05) is 42.5 Å². The fraction of sp³-hybridized carbons (Fsp3) is 0.316. The molecule has 2 aromatic carbocycles. The number of carbonyl (C=O) groups is 1. The van der Waals surface area contributed by atoms with Crippen LogP contribution in [-0.2, 0) is 0 Å². The van der Waals surface area contributed by atoms with Crippen LogP contribution in [0.15, 0.2) is 54.6 Å². The van der Waals surface area contributed by atoms with Crippen molar-refractivity contribution in [1.29, 1.82) is 0 Å². The van der Waals surface area contributed by atoms with Crippen LogP contribution in [0, 0.1) is 5.82 Å². The summed E-state index contributed by atoms with van der Waals surface area (Å²) < 4.78 is 13.9. The third-order valence-electron chi connectivity index (χ3n) is 4.36. The number of benzene rings is 2. The third-order valence-corrected chi connectivity index (χ3v) is 4.36. The zero-order chi connectivity index (χ0) is 16.9. The molecule has 1 saturated heterocycles. The molecule has 24 heavy (non-hydrogen) atoms. The number of nitrogens with zero attached hydrogens (tertiary/aromatic N) is 3. The van der Waals surface area contributed by atoms with Gasteiger partial charge < -0.3 is 9.80 Å². The van der Waals surface area contributed by atoms with Crippen LogP contribution in [0.3, 0.4) is 0 Å². The fourth-order valence-corrected chi connectivity index (χ4v) is 3.05. The first kappa shape index (κ1) is 16.3. The summed E-state index contributed by atoms with van der Waals surface area (Å²) in [5.41, 5.74) is 1.52. The maximum Gasteiger partial charge on any atom is 0.324 e. The van der Waals surface area contributed by atoms with Gasteiger partial charge in [0.2, 0.25) is 0 Å². The molecule has 1 heterocycles. The first-order valence-electron chi connectivity index (χ1n) is 8.31. The summed E-state index contributed by atoms with van der Waals surface area (Å²) in [5, 5.41) is 0. The molecule has 0 aromatic heterocycles. The average Bonchev–Trinajstić information content (AvgIpc) is 2.64. The van der Waals surface area contributed by atoms with Crippen LogP contribution in [-0.4, -0.2) is 43.7 Å². The molecule has 0 bridgehead atoms. The Kier molecular flexibility index (Phi) is 4.99. The second-order valence-corrected chi connectivity index (χ2v) is 5.79. The average molecular weight is 327 g/mol. The van der Waals surface area contributed by atoms with Crippen LogP contribution in [0.1, 0.15) is 6.92 Å². The highest BCUT2D eigenvalue weighted by atomic mass is 19.1. The zero-order valence-corrected chi connectivity index (χ0v) is 13.9. The van der Waals surface area contributed by atoms with E-state index in [9.17, 15) is 9.18 Å². The predicted molar refractivity (Wildman–Crippen MR) is 95.0 cm³/mol. The quantitative estimate of drug-likeness (QED) is 0.861. The summed E-state index contributed by atoms with van der Waals surface area (Å²) in [7, 11) is 0. The first-order chi connectivity index (χ1) is 11.7. The van der Waals surface area contributed by atoms with Gasteiger partial charge in [-0.1, -0.05) is 30.3 Å². The van der Waals surface area contributed by atoms with Gasteiger partial charge in [0.05, 0.1) is 5.69 Å². The molecule has 1 aliphatic heterocycles. The van der Waals surface area contributed by atoms with E-state index in [1.807, 2.05) is 53.1 Å². The molecule has 1 aliphatic rings. The highest BCUT2D eigenvalue weighted by molar-refractivity contribution is 5.92. The zero-order valence-electron chi connectivity index (χ0n) is 13.9. The van der Waals surface area contributed by atoms with Gasteiger partial charge in [0.25, 0.3) is 0 Å². The molecule has 0 atom stereocenters. The molecule has 0 saturated carbocycles. The Bertz CT molecular complexity index is 684. The van der Waals surface area contributed by atoms with E-state index in [1.54, 1.807) is 17.0 Å². The van der Waals surface area contributed by atoms with Crippen LogP contribution in [0.25, 0.3) is 0 Å². The minimum atomic E-state index is -0.211. The van der Waals surface area contributed by atoms with E-state index in [-0.39, 0.29) is 11.8 Å². The van der Waals surface area contributed by atoms with Gasteiger partial charge in [-0.3, -0.25) is 4.90 Å². The Morgan fingerprint density at radius 3 is 2.25 bits per heavy atom. The molecule has 2 amide bonds. The van der Waals surface area contributed by atoms with Crippen molar-refractivity contribution in [3.05, 3.63) is 60.4 Å². The molecule has 0 spiro atoms. The molecule has 4 nitrogen and oxygen atoms in total. The minimum Gasteiger partial charge on any atom is -0.366 e. The lowest BCUT2D eigenvalue weighted by atomic mass is 10.2. The largest absolute Gasteiger partial charge is 0.366 e. The molecule has 0 N–H and O–H groups in total. The highest BCUT2D eigenvalue weighted by Crippen LogP contribution is 2.21. The third kappa shape index (κ3) is 3.35. The summed E-state index contributed by atoms with van der Waals surface area (Å²) in [4.78, 5) is 18.4. The van der Waals surface area contributed by atoms with Gasteiger partial charge in [0.15, 0.2) is 0 Å². The van der Waals surface area contributed by atoms with E-state index in [0.717, 1.165) is 5.69 Å². The van der Waals surface area contributed by atoms with E-state index < -0.39 is 0 Å². The van der Waals surface area contributed by atoms with Gasteiger partial charge in [0, 0.05) is 38.4 Å². The van der Waals surface area contributed by atoms with Gasteiger partial charge in [-0.25, -0.2) is 9.18 Å². The molecule has 2 aromatic rings. The number of amides is 2. The second kappa shape index (κ2) is 7.34. The number of halogens is 1. The number of piperazine rings is 1. The number of carbonyl (C=O) groups excluding carboxylic acids is 1. The van der Waals surface area contributed by atoms with Crippen LogP contribution >= 0.6 is 0 Å². The number of urea groups is 1. The maximum absolute atomic E-state index is 13.9. The van der Waals surface area contributed by atoms with E-state index in [4.69, 9.17) is 0 Å². The number of rotatable bonds is 3.